The minimum Gasteiger partial charge on any atom is -0.507 e. The second kappa shape index (κ2) is 8.73. The molecule has 0 aliphatic heterocycles. The van der Waals surface area contributed by atoms with Gasteiger partial charge in [0.2, 0.25) is 5.78 Å². The largest absolute Gasteiger partial charge is 0.507 e. The first-order chi connectivity index (χ1) is 16.8. The van der Waals surface area contributed by atoms with Gasteiger partial charge >= 0.3 is 0 Å². The van der Waals surface area contributed by atoms with Crippen molar-refractivity contribution in [2.75, 3.05) is 5.32 Å². The summed E-state index contributed by atoms with van der Waals surface area (Å²) in [5, 5.41) is 20.4. The molecule has 0 aliphatic rings. The van der Waals surface area contributed by atoms with Crippen LogP contribution in [0.5, 0.6) is 5.75 Å². The van der Waals surface area contributed by atoms with Crippen LogP contribution in [0, 0.1) is 12.7 Å². The summed E-state index contributed by atoms with van der Waals surface area (Å²) in [4.78, 5) is 26.3. The summed E-state index contributed by atoms with van der Waals surface area (Å²) in [6.45, 7) is 1.60. The molecule has 0 unspecified atom stereocenters. The quantitative estimate of drug-likeness (QED) is 0.258. The summed E-state index contributed by atoms with van der Waals surface area (Å²) in [7, 11) is 0. The van der Waals surface area contributed by atoms with Crippen LogP contribution in [0.2, 0.25) is 5.02 Å². The summed E-state index contributed by atoms with van der Waals surface area (Å²) in [6, 6.07) is 16.9. The number of furan rings is 1. The number of aryl methyl sites for hydroxylation is 1. The number of anilines is 1. The first-order valence-electron chi connectivity index (χ1n) is 10.5. The van der Waals surface area contributed by atoms with E-state index < -0.39 is 17.5 Å². The summed E-state index contributed by atoms with van der Waals surface area (Å²) in [5.41, 5.74) is 1.75. The number of nitrogens with zero attached hydrogens (tertiary/aromatic N) is 1. The summed E-state index contributed by atoms with van der Waals surface area (Å²) in [6.07, 6.45) is 0. The van der Waals surface area contributed by atoms with Crippen molar-refractivity contribution < 1.29 is 23.5 Å². The number of amides is 1. The molecule has 174 valence electrons. The molecule has 35 heavy (non-hydrogen) atoms. The molecule has 2 heterocycles. The summed E-state index contributed by atoms with van der Waals surface area (Å²) < 4.78 is 19.9. The van der Waals surface area contributed by atoms with E-state index in [9.17, 15) is 19.1 Å². The first kappa shape index (κ1) is 22.4. The number of phenolic OH excluding ortho intramolecular Hbond substituents is 1. The molecule has 0 atom stereocenters. The second-order valence-corrected chi connectivity index (χ2v) is 8.31. The van der Waals surface area contributed by atoms with Gasteiger partial charge in [-0.2, -0.15) is 5.10 Å². The fraction of sp³-hybridized carbons (Fsp3) is 0.0385. The highest BCUT2D eigenvalue weighted by atomic mass is 35.5. The smallest absolute Gasteiger partial charge is 0.273 e. The predicted octanol–water partition coefficient (Wildman–Crippen LogP) is 6.11. The lowest BCUT2D eigenvalue weighted by Crippen LogP contribution is -2.15. The van der Waals surface area contributed by atoms with Gasteiger partial charge in [-0.05, 0) is 55.0 Å². The maximum absolute atomic E-state index is 14.1. The third-order valence-corrected chi connectivity index (χ3v) is 5.77. The first-order valence-corrected chi connectivity index (χ1v) is 10.9. The molecule has 5 rings (SSSR count). The number of hydrogen-bond donors (Lipinski definition) is 3. The highest BCUT2D eigenvalue weighted by molar-refractivity contribution is 6.31. The number of aromatic nitrogens is 2. The van der Waals surface area contributed by atoms with Crippen molar-refractivity contribution in [3.63, 3.8) is 0 Å². The lowest BCUT2D eigenvalue weighted by molar-refractivity contribution is 0.101. The molecule has 9 heteroatoms. The molecule has 2 aromatic heterocycles. The van der Waals surface area contributed by atoms with Crippen molar-refractivity contribution in [3.8, 4) is 17.0 Å². The number of ketones is 1. The molecule has 0 bridgehead atoms. The van der Waals surface area contributed by atoms with Crippen molar-refractivity contribution in [1.29, 1.82) is 0 Å². The number of benzene rings is 3. The van der Waals surface area contributed by atoms with Gasteiger partial charge < -0.3 is 14.8 Å². The van der Waals surface area contributed by atoms with Crippen molar-refractivity contribution >= 4 is 39.9 Å². The Labute approximate surface area is 203 Å². The Morgan fingerprint density at radius 2 is 1.89 bits per heavy atom. The third kappa shape index (κ3) is 4.15. The second-order valence-electron chi connectivity index (χ2n) is 7.88. The number of nitrogens with one attached hydrogen (secondary N) is 2. The fourth-order valence-corrected chi connectivity index (χ4v) is 3.84. The van der Waals surface area contributed by atoms with Crippen LogP contribution in [0.15, 0.2) is 71.1 Å². The Morgan fingerprint density at radius 1 is 1.09 bits per heavy atom. The normalized spacial score (nSPS) is 11.1. The van der Waals surface area contributed by atoms with Crippen LogP contribution in [-0.2, 0) is 0 Å². The van der Waals surface area contributed by atoms with Crippen molar-refractivity contribution in [2.45, 2.75) is 6.92 Å². The topological polar surface area (TPSA) is 108 Å². The van der Waals surface area contributed by atoms with Crippen LogP contribution in [-0.4, -0.2) is 27.0 Å². The maximum Gasteiger partial charge on any atom is 0.273 e. The van der Waals surface area contributed by atoms with Crippen LogP contribution in [0.1, 0.15) is 32.2 Å². The minimum atomic E-state index is -0.596. The number of halogens is 2. The monoisotopic (exact) mass is 489 g/mol. The Balaban J connectivity index is 1.51. The predicted molar refractivity (Wildman–Crippen MR) is 129 cm³/mol. The van der Waals surface area contributed by atoms with Gasteiger partial charge in [-0.1, -0.05) is 35.9 Å². The highest BCUT2D eigenvalue weighted by Gasteiger charge is 2.25. The van der Waals surface area contributed by atoms with E-state index >= 15 is 0 Å². The van der Waals surface area contributed by atoms with E-state index in [4.69, 9.17) is 16.0 Å². The average molecular weight is 490 g/mol. The van der Waals surface area contributed by atoms with E-state index in [-0.39, 0.29) is 28.5 Å². The zero-order valence-corrected chi connectivity index (χ0v) is 19.0. The van der Waals surface area contributed by atoms with Gasteiger partial charge in [0.25, 0.3) is 5.91 Å². The Hall–Kier alpha value is -4.43. The van der Waals surface area contributed by atoms with Crippen LogP contribution in [0.4, 0.5) is 10.1 Å². The summed E-state index contributed by atoms with van der Waals surface area (Å²) >= 11 is 6.01. The van der Waals surface area contributed by atoms with E-state index in [1.807, 2.05) is 0 Å². The zero-order chi connectivity index (χ0) is 24.7. The number of H-pyrrole nitrogens is 1. The molecule has 0 fully saturated rings. The minimum absolute atomic E-state index is 0.0492. The van der Waals surface area contributed by atoms with E-state index in [0.29, 0.717) is 32.8 Å². The van der Waals surface area contributed by atoms with E-state index in [1.54, 1.807) is 31.2 Å². The van der Waals surface area contributed by atoms with E-state index in [0.717, 1.165) is 6.07 Å². The van der Waals surface area contributed by atoms with Crippen LogP contribution in [0.25, 0.3) is 22.2 Å². The molecule has 0 radical (unpaired) electrons. The lowest BCUT2D eigenvalue weighted by Gasteiger charge is -2.06. The molecule has 0 saturated heterocycles. The van der Waals surface area contributed by atoms with Gasteiger partial charge in [0.1, 0.15) is 22.8 Å². The molecule has 3 aromatic carbocycles. The number of aromatic amines is 1. The molecule has 0 aliphatic carbocycles. The molecular weight excluding hydrogens is 473 g/mol. The molecule has 0 saturated carbocycles. The van der Waals surface area contributed by atoms with Crippen LogP contribution < -0.4 is 5.32 Å². The SMILES string of the molecule is Cc1ccc(C(=O)c2oc3ccccc3c2NC(=O)c2cc(-c3cc(Cl)ccc3O)n[nH]2)cc1F. The number of aromatic hydroxyl groups is 1. The van der Waals surface area contributed by atoms with E-state index in [2.05, 4.69) is 15.5 Å². The average Bonchev–Trinajstić information content (AvgIpc) is 3.48. The molecule has 5 aromatic rings. The number of carbonyl (C=O) groups excluding carboxylic acids is 2. The molecule has 7 nitrogen and oxygen atoms in total. The van der Waals surface area contributed by atoms with Crippen LogP contribution >= 0.6 is 11.6 Å². The number of rotatable bonds is 5. The van der Waals surface area contributed by atoms with Gasteiger partial charge in [0.15, 0.2) is 5.76 Å². The Morgan fingerprint density at radius 3 is 2.69 bits per heavy atom. The molecule has 3 N–H and O–H groups in total. The lowest BCUT2D eigenvalue weighted by atomic mass is 10.0. The Kier molecular flexibility index (Phi) is 5.58. The van der Waals surface area contributed by atoms with Gasteiger partial charge in [0.05, 0.1) is 11.4 Å². The van der Waals surface area contributed by atoms with Gasteiger partial charge in [0, 0.05) is 21.5 Å². The number of carbonyl (C=O) groups is 2. The third-order valence-electron chi connectivity index (χ3n) is 5.53. The Bertz CT molecular complexity index is 1620. The zero-order valence-electron chi connectivity index (χ0n) is 18.2. The van der Waals surface area contributed by atoms with Crippen LogP contribution in [0.3, 0.4) is 0 Å². The van der Waals surface area contributed by atoms with Gasteiger partial charge in [-0.15, -0.1) is 0 Å². The van der Waals surface area contributed by atoms with Gasteiger partial charge in [-0.25, -0.2) is 4.39 Å². The standard InChI is InChI=1S/C26H17ClFN3O4/c1-13-6-7-14(10-18(13)28)24(33)25-23(16-4-2-3-5-22(16)35-25)29-26(34)20-12-19(30-31-20)17-11-15(27)8-9-21(17)32/h2-12,32H,1H3,(H,29,34)(H,30,31). The van der Waals surface area contributed by atoms with Crippen molar-refractivity contribution in [2.24, 2.45) is 0 Å². The number of phenols is 1. The maximum atomic E-state index is 14.1. The number of hydrogen-bond acceptors (Lipinski definition) is 5. The van der Waals surface area contributed by atoms with Crippen molar-refractivity contribution in [1.82, 2.24) is 10.2 Å². The molecule has 1 amide bonds. The number of fused-ring (bicyclic) bond motifs is 1. The number of para-hydroxylation sites is 1. The molecular formula is C26H17ClFN3O4. The summed E-state index contributed by atoms with van der Waals surface area (Å²) in [5.74, 6) is -1.88. The van der Waals surface area contributed by atoms with Gasteiger partial charge in [-0.3, -0.25) is 14.7 Å². The molecule has 0 spiro atoms. The van der Waals surface area contributed by atoms with Crippen molar-refractivity contribution in [3.05, 3.63) is 100 Å². The highest BCUT2D eigenvalue weighted by Crippen LogP contribution is 2.34. The fourth-order valence-electron chi connectivity index (χ4n) is 3.66. The van der Waals surface area contributed by atoms with E-state index in [1.165, 1.54) is 36.4 Å².